The Bertz CT molecular complexity index is 293. The van der Waals surface area contributed by atoms with Crippen LogP contribution >= 0.6 is 0 Å². The number of nitrogens with one attached hydrogen (secondary N) is 1. The fourth-order valence-corrected chi connectivity index (χ4v) is 2.14. The van der Waals surface area contributed by atoms with Crippen LogP contribution in [-0.2, 0) is 19.0 Å². The molecule has 0 aromatic heterocycles. The molecule has 2 fully saturated rings. The van der Waals surface area contributed by atoms with Gasteiger partial charge in [0.05, 0.1) is 12.6 Å². The number of rotatable bonds is 2. The van der Waals surface area contributed by atoms with E-state index in [9.17, 15) is 4.79 Å². The van der Waals surface area contributed by atoms with E-state index in [-0.39, 0.29) is 24.7 Å². The molecule has 0 spiro atoms. The van der Waals surface area contributed by atoms with Gasteiger partial charge in [-0.05, 0) is 13.8 Å². The summed E-state index contributed by atoms with van der Waals surface area (Å²) in [6.45, 7) is 4.81. The number of aliphatic hydroxyl groups excluding tert-OH is 1. The maximum atomic E-state index is 11.1. The second-order valence-corrected chi connectivity index (χ2v) is 4.55. The first-order valence-corrected chi connectivity index (χ1v) is 5.32. The van der Waals surface area contributed by atoms with Gasteiger partial charge in [0.15, 0.2) is 12.1 Å². The van der Waals surface area contributed by atoms with Crippen LogP contribution in [-0.4, -0.2) is 47.9 Å². The quantitative estimate of drug-likeness (QED) is 0.661. The molecule has 2 heterocycles. The van der Waals surface area contributed by atoms with Gasteiger partial charge in [-0.3, -0.25) is 4.79 Å². The lowest BCUT2D eigenvalue weighted by atomic mass is 10.1. The van der Waals surface area contributed by atoms with Crippen molar-refractivity contribution in [1.29, 1.82) is 0 Å². The summed E-state index contributed by atoms with van der Waals surface area (Å²) < 4.78 is 16.6. The first-order chi connectivity index (χ1) is 7.43. The summed E-state index contributed by atoms with van der Waals surface area (Å²) in [6.07, 6.45) is -1.37. The molecule has 0 bridgehead atoms. The van der Waals surface area contributed by atoms with Crippen LogP contribution in [0.2, 0.25) is 0 Å². The Morgan fingerprint density at radius 3 is 2.69 bits per heavy atom. The Morgan fingerprint density at radius 2 is 2.12 bits per heavy atom. The third kappa shape index (κ3) is 2.06. The molecule has 6 nitrogen and oxygen atoms in total. The minimum absolute atomic E-state index is 0.176. The van der Waals surface area contributed by atoms with E-state index in [0.717, 1.165) is 0 Å². The SMILES string of the molecule is CC(=O)N[C@H]1[C@H]2OC(C)(C)O[C@@H]2O[C@H]1CO. The van der Waals surface area contributed by atoms with Crippen LogP contribution in [0, 0.1) is 0 Å². The molecule has 16 heavy (non-hydrogen) atoms. The molecule has 1 amide bonds. The van der Waals surface area contributed by atoms with Crippen molar-refractivity contribution < 1.29 is 24.1 Å². The lowest BCUT2D eigenvalue weighted by molar-refractivity contribution is -0.210. The molecule has 0 aromatic rings. The van der Waals surface area contributed by atoms with Crippen molar-refractivity contribution in [3.05, 3.63) is 0 Å². The highest BCUT2D eigenvalue weighted by molar-refractivity contribution is 5.73. The van der Waals surface area contributed by atoms with Crippen molar-refractivity contribution in [2.75, 3.05) is 6.61 Å². The van der Waals surface area contributed by atoms with Gasteiger partial charge in [0.2, 0.25) is 5.91 Å². The fourth-order valence-electron chi connectivity index (χ4n) is 2.14. The van der Waals surface area contributed by atoms with Crippen LogP contribution in [0.5, 0.6) is 0 Å². The van der Waals surface area contributed by atoms with E-state index < -0.39 is 18.2 Å². The van der Waals surface area contributed by atoms with Crippen molar-refractivity contribution in [2.24, 2.45) is 0 Å². The number of ether oxygens (including phenoxy) is 3. The second kappa shape index (κ2) is 3.96. The lowest BCUT2D eigenvalue weighted by Gasteiger charge is -2.25. The molecule has 4 atom stereocenters. The highest BCUT2D eigenvalue weighted by Crippen LogP contribution is 2.37. The predicted molar refractivity (Wildman–Crippen MR) is 53.4 cm³/mol. The van der Waals surface area contributed by atoms with E-state index in [0.29, 0.717) is 0 Å². The maximum absolute atomic E-state index is 11.1. The summed E-state index contributed by atoms with van der Waals surface area (Å²) in [5.41, 5.74) is 0. The molecule has 0 aliphatic carbocycles. The van der Waals surface area contributed by atoms with Crippen molar-refractivity contribution >= 4 is 5.91 Å². The van der Waals surface area contributed by atoms with E-state index in [1.54, 1.807) is 13.8 Å². The Morgan fingerprint density at radius 1 is 1.44 bits per heavy atom. The molecule has 0 saturated carbocycles. The number of carbonyl (C=O) groups is 1. The molecule has 6 heteroatoms. The standard InChI is InChI=1S/C10H17NO5/c1-5(13)11-7-6(4-12)14-9-8(7)15-10(2,3)16-9/h6-9,12H,4H2,1-3H3,(H,11,13)/t6-,7+,8+,9-/m0/s1. The Labute approximate surface area is 93.9 Å². The molecule has 2 rings (SSSR count). The summed E-state index contributed by atoms with van der Waals surface area (Å²) in [5.74, 6) is -0.895. The fraction of sp³-hybridized carbons (Fsp3) is 0.900. The number of carbonyl (C=O) groups excluding carboxylic acids is 1. The predicted octanol–water partition coefficient (Wildman–Crippen LogP) is -0.640. The second-order valence-electron chi connectivity index (χ2n) is 4.55. The van der Waals surface area contributed by atoms with E-state index >= 15 is 0 Å². The minimum Gasteiger partial charge on any atom is -0.394 e. The van der Waals surface area contributed by atoms with Gasteiger partial charge in [0.25, 0.3) is 0 Å². The smallest absolute Gasteiger partial charge is 0.217 e. The average Bonchev–Trinajstić information content (AvgIpc) is 2.59. The van der Waals surface area contributed by atoms with Crippen molar-refractivity contribution in [3.8, 4) is 0 Å². The number of hydrogen-bond acceptors (Lipinski definition) is 5. The first-order valence-electron chi connectivity index (χ1n) is 5.32. The maximum Gasteiger partial charge on any atom is 0.217 e. The first kappa shape index (κ1) is 11.8. The number of amides is 1. The molecule has 0 radical (unpaired) electrons. The van der Waals surface area contributed by atoms with E-state index in [1.165, 1.54) is 6.92 Å². The normalized spacial score (nSPS) is 40.8. The zero-order chi connectivity index (χ0) is 11.9. The number of aliphatic hydroxyl groups is 1. The van der Waals surface area contributed by atoms with E-state index in [2.05, 4.69) is 5.32 Å². The molecule has 2 aliphatic heterocycles. The topological polar surface area (TPSA) is 77.0 Å². The van der Waals surface area contributed by atoms with Crippen LogP contribution < -0.4 is 5.32 Å². The van der Waals surface area contributed by atoms with Crippen LogP contribution in [0.1, 0.15) is 20.8 Å². The number of fused-ring (bicyclic) bond motifs is 1. The van der Waals surface area contributed by atoms with Gasteiger partial charge in [0, 0.05) is 6.92 Å². The zero-order valence-corrected chi connectivity index (χ0v) is 9.60. The summed E-state index contributed by atoms with van der Waals surface area (Å²) in [5, 5.41) is 11.9. The van der Waals surface area contributed by atoms with Gasteiger partial charge in [-0.25, -0.2) is 0 Å². The van der Waals surface area contributed by atoms with E-state index in [4.69, 9.17) is 19.3 Å². The molecule has 2 saturated heterocycles. The zero-order valence-electron chi connectivity index (χ0n) is 9.60. The monoisotopic (exact) mass is 231 g/mol. The third-order valence-electron chi connectivity index (χ3n) is 2.70. The molecule has 92 valence electrons. The molecule has 2 N–H and O–H groups in total. The van der Waals surface area contributed by atoms with Crippen molar-refractivity contribution in [3.63, 3.8) is 0 Å². The van der Waals surface area contributed by atoms with Gasteiger partial charge < -0.3 is 24.6 Å². The van der Waals surface area contributed by atoms with Crippen LogP contribution in [0.15, 0.2) is 0 Å². The summed E-state index contributed by atoms with van der Waals surface area (Å²) in [4.78, 5) is 11.1. The van der Waals surface area contributed by atoms with Gasteiger partial charge >= 0.3 is 0 Å². The molecule has 0 aromatic carbocycles. The largest absolute Gasteiger partial charge is 0.394 e. The van der Waals surface area contributed by atoms with Crippen LogP contribution in [0.3, 0.4) is 0 Å². The summed E-state index contributed by atoms with van der Waals surface area (Å²) in [6, 6.07) is -0.366. The van der Waals surface area contributed by atoms with Crippen LogP contribution in [0.4, 0.5) is 0 Å². The van der Waals surface area contributed by atoms with Gasteiger partial charge in [-0.2, -0.15) is 0 Å². The molecule has 2 aliphatic rings. The molecular weight excluding hydrogens is 214 g/mol. The van der Waals surface area contributed by atoms with Gasteiger partial charge in [-0.15, -0.1) is 0 Å². The molecular formula is C10H17NO5. The highest BCUT2D eigenvalue weighted by atomic mass is 16.8. The van der Waals surface area contributed by atoms with E-state index in [1.807, 2.05) is 0 Å². The highest BCUT2D eigenvalue weighted by Gasteiger charge is 2.54. The van der Waals surface area contributed by atoms with Gasteiger partial charge in [0.1, 0.15) is 12.2 Å². The van der Waals surface area contributed by atoms with Gasteiger partial charge in [-0.1, -0.05) is 0 Å². The summed E-state index contributed by atoms with van der Waals surface area (Å²) in [7, 11) is 0. The number of hydrogen-bond donors (Lipinski definition) is 2. The van der Waals surface area contributed by atoms with Crippen molar-refractivity contribution in [1.82, 2.24) is 5.32 Å². The minimum atomic E-state index is -0.716. The molecule has 0 unspecified atom stereocenters. The Balaban J connectivity index is 2.10. The lowest BCUT2D eigenvalue weighted by Crippen LogP contribution is -2.48. The summed E-state index contributed by atoms with van der Waals surface area (Å²) >= 11 is 0. The Hall–Kier alpha value is -0.690. The average molecular weight is 231 g/mol. The third-order valence-corrected chi connectivity index (χ3v) is 2.70. The van der Waals surface area contributed by atoms with Crippen LogP contribution in [0.25, 0.3) is 0 Å². The van der Waals surface area contributed by atoms with Crippen molar-refractivity contribution in [2.45, 2.75) is 51.1 Å². The Kier molecular flexibility index (Phi) is 2.91.